The number of oxazole rings is 1. The van der Waals surface area contributed by atoms with Gasteiger partial charge in [0.2, 0.25) is 11.8 Å². The smallest absolute Gasteiger partial charge is 0.228 e. The van der Waals surface area contributed by atoms with Crippen molar-refractivity contribution in [2.24, 2.45) is 5.92 Å². The average molecular weight is 312 g/mol. The summed E-state index contributed by atoms with van der Waals surface area (Å²) in [6, 6.07) is 9.79. The number of aromatic nitrogens is 1. The minimum atomic E-state index is 0.118. The summed E-state index contributed by atoms with van der Waals surface area (Å²) in [6.45, 7) is 2.74. The number of benzene rings is 1. The first kappa shape index (κ1) is 15.8. The molecule has 0 spiro atoms. The van der Waals surface area contributed by atoms with E-state index in [1.807, 2.05) is 49.2 Å². The van der Waals surface area contributed by atoms with E-state index in [1.54, 1.807) is 0 Å². The SMILES string of the molecule is Cc1oc(-c2ccccc2)nc1CC(=O)N(C)CC1CCCC1. The zero-order chi connectivity index (χ0) is 16.2. The summed E-state index contributed by atoms with van der Waals surface area (Å²) in [7, 11) is 1.90. The molecular formula is C19H24N2O2. The molecule has 1 aromatic heterocycles. The second kappa shape index (κ2) is 6.99. The number of amides is 1. The summed E-state index contributed by atoms with van der Waals surface area (Å²) in [5.41, 5.74) is 1.68. The Morgan fingerprint density at radius 1 is 1.26 bits per heavy atom. The van der Waals surface area contributed by atoms with Crippen molar-refractivity contribution in [2.45, 2.75) is 39.0 Å². The Labute approximate surface area is 137 Å². The van der Waals surface area contributed by atoms with Crippen LogP contribution in [-0.2, 0) is 11.2 Å². The van der Waals surface area contributed by atoms with Crippen LogP contribution in [0.1, 0.15) is 37.1 Å². The van der Waals surface area contributed by atoms with Gasteiger partial charge in [-0.1, -0.05) is 31.0 Å². The van der Waals surface area contributed by atoms with Gasteiger partial charge in [-0.2, -0.15) is 0 Å². The van der Waals surface area contributed by atoms with Gasteiger partial charge < -0.3 is 9.32 Å². The van der Waals surface area contributed by atoms with Crippen LogP contribution < -0.4 is 0 Å². The minimum Gasteiger partial charge on any atom is -0.441 e. The van der Waals surface area contributed by atoms with Gasteiger partial charge in [0.25, 0.3) is 0 Å². The highest BCUT2D eigenvalue weighted by atomic mass is 16.4. The molecule has 0 bridgehead atoms. The summed E-state index contributed by atoms with van der Waals surface area (Å²) in [5.74, 6) is 2.10. The van der Waals surface area contributed by atoms with Crippen molar-refractivity contribution in [3.8, 4) is 11.5 Å². The van der Waals surface area contributed by atoms with Gasteiger partial charge in [0, 0.05) is 19.2 Å². The molecule has 0 saturated heterocycles. The van der Waals surface area contributed by atoms with Gasteiger partial charge in [0.05, 0.1) is 12.1 Å². The van der Waals surface area contributed by atoms with Crippen molar-refractivity contribution in [2.75, 3.05) is 13.6 Å². The second-order valence-electron chi connectivity index (χ2n) is 6.49. The Bertz CT molecular complexity index is 657. The summed E-state index contributed by atoms with van der Waals surface area (Å²) in [6.07, 6.45) is 5.41. The highest BCUT2D eigenvalue weighted by molar-refractivity contribution is 5.78. The predicted molar refractivity (Wildman–Crippen MR) is 90.0 cm³/mol. The summed E-state index contributed by atoms with van der Waals surface area (Å²) < 4.78 is 5.73. The minimum absolute atomic E-state index is 0.118. The Morgan fingerprint density at radius 3 is 2.65 bits per heavy atom. The summed E-state index contributed by atoms with van der Waals surface area (Å²) in [4.78, 5) is 18.8. The van der Waals surface area contributed by atoms with Crippen molar-refractivity contribution >= 4 is 5.91 Å². The maximum atomic E-state index is 12.4. The summed E-state index contributed by atoms with van der Waals surface area (Å²) >= 11 is 0. The van der Waals surface area contributed by atoms with Gasteiger partial charge in [-0.3, -0.25) is 4.79 Å². The standard InChI is InChI=1S/C19H24N2O2/c1-14-17(20-19(23-14)16-10-4-3-5-11-16)12-18(22)21(2)13-15-8-6-7-9-15/h3-5,10-11,15H,6-9,12-13H2,1-2H3. The first-order chi connectivity index (χ1) is 11.1. The quantitative estimate of drug-likeness (QED) is 0.842. The normalized spacial score (nSPS) is 15.0. The fourth-order valence-corrected chi connectivity index (χ4v) is 3.26. The van der Waals surface area contributed by atoms with Crippen LogP contribution in [0.15, 0.2) is 34.7 Å². The molecule has 0 radical (unpaired) electrons. The number of hydrogen-bond acceptors (Lipinski definition) is 3. The maximum absolute atomic E-state index is 12.4. The summed E-state index contributed by atoms with van der Waals surface area (Å²) in [5, 5.41) is 0. The lowest BCUT2D eigenvalue weighted by Crippen LogP contribution is -2.32. The van der Waals surface area contributed by atoms with Crippen LogP contribution in [0.2, 0.25) is 0 Å². The number of rotatable bonds is 5. The molecule has 0 atom stereocenters. The first-order valence-corrected chi connectivity index (χ1v) is 8.39. The zero-order valence-corrected chi connectivity index (χ0v) is 13.9. The Kier molecular flexibility index (Phi) is 4.79. The number of nitrogens with zero attached hydrogens (tertiary/aromatic N) is 2. The van der Waals surface area contributed by atoms with Crippen LogP contribution in [0.5, 0.6) is 0 Å². The van der Waals surface area contributed by atoms with Crippen molar-refractivity contribution < 1.29 is 9.21 Å². The van der Waals surface area contributed by atoms with Crippen molar-refractivity contribution in [3.63, 3.8) is 0 Å². The van der Waals surface area contributed by atoms with E-state index in [0.29, 0.717) is 18.2 Å². The van der Waals surface area contributed by atoms with Gasteiger partial charge >= 0.3 is 0 Å². The maximum Gasteiger partial charge on any atom is 0.228 e. The first-order valence-electron chi connectivity index (χ1n) is 8.39. The lowest BCUT2D eigenvalue weighted by Gasteiger charge is -2.20. The average Bonchev–Trinajstić information content (AvgIpc) is 3.18. The Hall–Kier alpha value is -2.10. The second-order valence-corrected chi connectivity index (χ2v) is 6.49. The molecule has 122 valence electrons. The van der Waals surface area contributed by atoms with Crippen LogP contribution in [0.25, 0.3) is 11.5 Å². The number of aryl methyl sites for hydroxylation is 1. The molecular weight excluding hydrogens is 288 g/mol. The van der Waals surface area contributed by atoms with Crippen molar-refractivity contribution in [3.05, 3.63) is 41.8 Å². The third-order valence-electron chi connectivity index (χ3n) is 4.66. The molecule has 2 aromatic rings. The van der Waals surface area contributed by atoms with E-state index in [-0.39, 0.29) is 5.91 Å². The molecule has 1 aliphatic rings. The van der Waals surface area contributed by atoms with Gasteiger partial charge in [0.1, 0.15) is 5.76 Å². The van der Waals surface area contributed by atoms with E-state index in [1.165, 1.54) is 25.7 Å². The van der Waals surface area contributed by atoms with E-state index in [2.05, 4.69) is 4.98 Å². The molecule has 1 fully saturated rings. The van der Waals surface area contributed by atoms with E-state index in [0.717, 1.165) is 23.6 Å². The van der Waals surface area contributed by atoms with Crippen LogP contribution in [0, 0.1) is 12.8 Å². The molecule has 0 N–H and O–H groups in total. The van der Waals surface area contributed by atoms with Crippen LogP contribution >= 0.6 is 0 Å². The number of likely N-dealkylation sites (N-methyl/N-ethyl adjacent to an activating group) is 1. The van der Waals surface area contributed by atoms with Gasteiger partial charge in [-0.05, 0) is 37.8 Å². The third-order valence-corrected chi connectivity index (χ3v) is 4.66. The van der Waals surface area contributed by atoms with E-state index in [9.17, 15) is 4.79 Å². The van der Waals surface area contributed by atoms with Crippen molar-refractivity contribution in [1.82, 2.24) is 9.88 Å². The number of carbonyl (C=O) groups excluding carboxylic acids is 1. The van der Waals surface area contributed by atoms with E-state index in [4.69, 9.17) is 4.42 Å². The Morgan fingerprint density at radius 2 is 1.96 bits per heavy atom. The fraction of sp³-hybridized carbons (Fsp3) is 0.474. The lowest BCUT2D eigenvalue weighted by molar-refractivity contribution is -0.129. The molecule has 1 amide bonds. The van der Waals surface area contributed by atoms with Crippen LogP contribution in [0.4, 0.5) is 0 Å². The highest BCUT2D eigenvalue weighted by Gasteiger charge is 2.21. The van der Waals surface area contributed by atoms with Crippen LogP contribution in [0.3, 0.4) is 0 Å². The predicted octanol–water partition coefficient (Wildman–Crippen LogP) is 3.84. The van der Waals surface area contributed by atoms with Gasteiger partial charge in [0.15, 0.2) is 0 Å². The Balaban J connectivity index is 1.65. The lowest BCUT2D eigenvalue weighted by atomic mass is 10.1. The molecule has 1 aliphatic carbocycles. The topological polar surface area (TPSA) is 46.3 Å². The van der Waals surface area contributed by atoms with Crippen LogP contribution in [-0.4, -0.2) is 29.4 Å². The van der Waals surface area contributed by atoms with Gasteiger partial charge in [-0.15, -0.1) is 0 Å². The number of carbonyl (C=O) groups is 1. The number of hydrogen-bond donors (Lipinski definition) is 0. The molecule has 3 rings (SSSR count). The zero-order valence-electron chi connectivity index (χ0n) is 13.9. The molecule has 4 nitrogen and oxygen atoms in total. The molecule has 1 saturated carbocycles. The molecule has 1 heterocycles. The monoisotopic (exact) mass is 312 g/mol. The van der Waals surface area contributed by atoms with Gasteiger partial charge in [-0.25, -0.2) is 4.98 Å². The van der Waals surface area contributed by atoms with E-state index >= 15 is 0 Å². The van der Waals surface area contributed by atoms with Crippen molar-refractivity contribution in [1.29, 1.82) is 0 Å². The molecule has 23 heavy (non-hydrogen) atoms. The molecule has 0 unspecified atom stereocenters. The van der Waals surface area contributed by atoms with E-state index < -0.39 is 0 Å². The fourth-order valence-electron chi connectivity index (χ4n) is 3.26. The molecule has 4 heteroatoms. The molecule has 1 aromatic carbocycles. The largest absolute Gasteiger partial charge is 0.441 e. The highest BCUT2D eigenvalue weighted by Crippen LogP contribution is 2.26. The molecule has 0 aliphatic heterocycles. The third kappa shape index (κ3) is 3.81.